The minimum atomic E-state index is -0.530. The number of carbonyl (C=O) groups is 3. The molecule has 0 spiro atoms. The molecule has 1 aliphatic rings. The van der Waals surface area contributed by atoms with E-state index in [1.807, 2.05) is 0 Å². The minimum Gasteiger partial charge on any atom is -0.319 e. The molecule has 3 aromatic carbocycles. The largest absolute Gasteiger partial charge is 0.319 e. The van der Waals surface area contributed by atoms with E-state index in [1.165, 1.54) is 18.2 Å². The Bertz CT molecular complexity index is 1080. The van der Waals surface area contributed by atoms with Gasteiger partial charge in [0.05, 0.1) is 23.4 Å². The second-order valence-electron chi connectivity index (χ2n) is 6.38. The van der Waals surface area contributed by atoms with Crippen LogP contribution in [0.4, 0.5) is 10.1 Å². The highest BCUT2D eigenvalue weighted by molar-refractivity contribution is 6.21. The number of fused-ring (bicyclic) bond motifs is 1. The van der Waals surface area contributed by atoms with Gasteiger partial charge in [0.25, 0.3) is 17.7 Å². The Kier molecular flexibility index (Phi) is 4.45. The van der Waals surface area contributed by atoms with Crippen LogP contribution in [-0.2, 0) is 6.54 Å². The summed E-state index contributed by atoms with van der Waals surface area (Å²) >= 11 is 0. The van der Waals surface area contributed by atoms with Crippen LogP contribution in [0.5, 0.6) is 0 Å². The first-order valence-corrected chi connectivity index (χ1v) is 8.64. The molecule has 0 atom stereocenters. The molecular weight excluding hydrogens is 359 g/mol. The van der Waals surface area contributed by atoms with Crippen LogP contribution in [0, 0.1) is 5.82 Å². The Morgan fingerprint density at radius 3 is 2.18 bits per heavy atom. The van der Waals surface area contributed by atoms with Gasteiger partial charge in [-0.3, -0.25) is 19.3 Å². The lowest BCUT2D eigenvalue weighted by molar-refractivity contribution is 0.0642. The maximum atomic E-state index is 13.7. The molecule has 138 valence electrons. The molecule has 0 radical (unpaired) electrons. The molecule has 28 heavy (non-hydrogen) atoms. The van der Waals surface area contributed by atoms with Crippen LogP contribution in [0.1, 0.15) is 36.6 Å². The summed E-state index contributed by atoms with van der Waals surface area (Å²) in [6.45, 7) is 0.0488. The summed E-state index contributed by atoms with van der Waals surface area (Å²) in [5.74, 6) is -1.73. The van der Waals surface area contributed by atoms with Crippen LogP contribution in [0.3, 0.4) is 0 Å². The van der Waals surface area contributed by atoms with Gasteiger partial charge in [0.15, 0.2) is 0 Å². The topological polar surface area (TPSA) is 66.5 Å². The Morgan fingerprint density at radius 2 is 1.50 bits per heavy atom. The van der Waals surface area contributed by atoms with Gasteiger partial charge in [0.1, 0.15) is 5.82 Å². The third-order valence-corrected chi connectivity index (χ3v) is 4.53. The van der Waals surface area contributed by atoms with Gasteiger partial charge in [0.2, 0.25) is 0 Å². The first-order valence-electron chi connectivity index (χ1n) is 8.64. The van der Waals surface area contributed by atoms with E-state index < -0.39 is 11.7 Å². The molecule has 1 aliphatic heterocycles. The fraction of sp³-hybridized carbons (Fsp3) is 0.0455. The molecule has 0 aliphatic carbocycles. The molecular formula is C22H15FN2O3. The summed E-state index contributed by atoms with van der Waals surface area (Å²) in [6, 6.07) is 19.1. The lowest BCUT2D eigenvalue weighted by Gasteiger charge is -2.14. The van der Waals surface area contributed by atoms with E-state index in [4.69, 9.17) is 0 Å². The summed E-state index contributed by atoms with van der Waals surface area (Å²) in [5.41, 5.74) is 1.76. The average molecular weight is 374 g/mol. The second kappa shape index (κ2) is 7.08. The quantitative estimate of drug-likeness (QED) is 0.705. The van der Waals surface area contributed by atoms with Gasteiger partial charge in [-0.1, -0.05) is 36.4 Å². The smallest absolute Gasteiger partial charge is 0.261 e. The normalized spacial score (nSPS) is 12.8. The number of rotatable bonds is 4. The number of nitrogens with one attached hydrogen (secondary N) is 1. The zero-order chi connectivity index (χ0) is 19.7. The summed E-state index contributed by atoms with van der Waals surface area (Å²) < 4.78 is 13.7. The van der Waals surface area contributed by atoms with Crippen LogP contribution in [0.25, 0.3) is 0 Å². The molecule has 0 saturated carbocycles. The zero-order valence-electron chi connectivity index (χ0n) is 14.7. The van der Waals surface area contributed by atoms with Crippen molar-refractivity contribution in [1.82, 2.24) is 4.90 Å². The number of benzene rings is 3. The molecule has 0 fully saturated rings. The first kappa shape index (κ1) is 17.6. The number of hydrogen-bond donors (Lipinski definition) is 1. The number of amides is 3. The maximum Gasteiger partial charge on any atom is 0.261 e. The van der Waals surface area contributed by atoms with Crippen molar-refractivity contribution in [3.8, 4) is 0 Å². The lowest BCUT2D eigenvalue weighted by Crippen LogP contribution is -2.29. The number of imide groups is 1. The van der Waals surface area contributed by atoms with Crippen molar-refractivity contribution < 1.29 is 18.8 Å². The van der Waals surface area contributed by atoms with Gasteiger partial charge in [0, 0.05) is 5.56 Å². The van der Waals surface area contributed by atoms with Gasteiger partial charge in [-0.25, -0.2) is 4.39 Å². The van der Waals surface area contributed by atoms with E-state index >= 15 is 0 Å². The third kappa shape index (κ3) is 3.16. The predicted octanol–water partition coefficient (Wildman–Crippen LogP) is 3.87. The van der Waals surface area contributed by atoms with Crippen LogP contribution in [-0.4, -0.2) is 22.6 Å². The number of nitrogens with zero attached hydrogens (tertiary/aromatic N) is 1. The summed E-state index contributed by atoms with van der Waals surface area (Å²) in [6.07, 6.45) is 0. The van der Waals surface area contributed by atoms with Crippen LogP contribution < -0.4 is 5.32 Å². The lowest BCUT2D eigenvalue weighted by atomic mass is 10.1. The molecule has 0 aromatic heterocycles. The fourth-order valence-corrected chi connectivity index (χ4v) is 3.13. The number of halogens is 1. The van der Waals surface area contributed by atoms with E-state index in [0.29, 0.717) is 22.3 Å². The highest BCUT2D eigenvalue weighted by Crippen LogP contribution is 2.24. The van der Waals surface area contributed by atoms with Crippen molar-refractivity contribution in [2.24, 2.45) is 0 Å². The van der Waals surface area contributed by atoms with E-state index in [1.54, 1.807) is 54.6 Å². The number of hydrogen-bond acceptors (Lipinski definition) is 3. The molecule has 5 nitrogen and oxygen atoms in total. The molecule has 3 amide bonds. The van der Waals surface area contributed by atoms with Gasteiger partial charge >= 0.3 is 0 Å². The zero-order valence-corrected chi connectivity index (χ0v) is 14.7. The third-order valence-electron chi connectivity index (χ3n) is 4.53. The van der Waals surface area contributed by atoms with Crippen molar-refractivity contribution in [3.05, 3.63) is 101 Å². The van der Waals surface area contributed by atoms with E-state index in [0.717, 1.165) is 4.90 Å². The molecule has 1 N–H and O–H groups in total. The van der Waals surface area contributed by atoms with Gasteiger partial charge in [-0.2, -0.15) is 0 Å². The van der Waals surface area contributed by atoms with Crippen molar-refractivity contribution in [3.63, 3.8) is 0 Å². The average Bonchev–Trinajstić information content (AvgIpc) is 2.95. The number of anilines is 1. The minimum absolute atomic E-state index is 0.0488. The van der Waals surface area contributed by atoms with E-state index in [2.05, 4.69) is 5.32 Å². The molecule has 1 heterocycles. The Morgan fingerprint density at radius 1 is 0.857 bits per heavy atom. The Hall–Kier alpha value is -3.80. The monoisotopic (exact) mass is 374 g/mol. The Labute approximate surface area is 160 Å². The standard InChI is InChI=1S/C22H15FN2O3/c23-18-10-3-4-11-19(18)24-20(26)15-7-5-6-14(12-15)13-25-21(27)16-8-1-2-9-17(16)22(25)28/h1-12H,13H2,(H,24,26). The molecule has 0 saturated heterocycles. The maximum absolute atomic E-state index is 13.7. The fourth-order valence-electron chi connectivity index (χ4n) is 3.13. The molecule has 6 heteroatoms. The van der Waals surface area contributed by atoms with Crippen molar-refractivity contribution in [1.29, 1.82) is 0 Å². The molecule has 0 bridgehead atoms. The van der Waals surface area contributed by atoms with Crippen molar-refractivity contribution in [2.75, 3.05) is 5.32 Å². The first-order chi connectivity index (χ1) is 13.5. The van der Waals surface area contributed by atoms with Crippen molar-refractivity contribution in [2.45, 2.75) is 6.54 Å². The Balaban J connectivity index is 1.54. The summed E-state index contributed by atoms with van der Waals surface area (Å²) in [4.78, 5) is 38.6. The number of para-hydroxylation sites is 1. The number of carbonyl (C=O) groups excluding carboxylic acids is 3. The molecule has 4 rings (SSSR count). The van der Waals surface area contributed by atoms with E-state index in [-0.39, 0.29) is 24.0 Å². The van der Waals surface area contributed by atoms with Crippen LogP contribution >= 0.6 is 0 Å². The molecule has 0 unspecified atom stereocenters. The predicted molar refractivity (Wildman–Crippen MR) is 101 cm³/mol. The van der Waals surface area contributed by atoms with Gasteiger partial charge in [-0.05, 0) is 42.0 Å². The molecule has 3 aromatic rings. The van der Waals surface area contributed by atoms with Crippen LogP contribution in [0.15, 0.2) is 72.8 Å². The SMILES string of the molecule is O=C(Nc1ccccc1F)c1cccc(CN2C(=O)c3ccccc3C2=O)c1. The highest BCUT2D eigenvalue weighted by Gasteiger charge is 2.34. The summed E-state index contributed by atoms with van der Waals surface area (Å²) in [5, 5.41) is 2.52. The second-order valence-corrected chi connectivity index (χ2v) is 6.38. The summed E-state index contributed by atoms with van der Waals surface area (Å²) in [7, 11) is 0. The highest BCUT2D eigenvalue weighted by atomic mass is 19.1. The van der Waals surface area contributed by atoms with Crippen molar-refractivity contribution >= 4 is 23.4 Å². The van der Waals surface area contributed by atoms with Gasteiger partial charge in [-0.15, -0.1) is 0 Å². The van der Waals surface area contributed by atoms with E-state index in [9.17, 15) is 18.8 Å². The van der Waals surface area contributed by atoms with Crippen LogP contribution in [0.2, 0.25) is 0 Å². The van der Waals surface area contributed by atoms with Gasteiger partial charge < -0.3 is 5.32 Å².